The summed E-state index contributed by atoms with van der Waals surface area (Å²) in [6.45, 7) is 0. The van der Waals surface area contributed by atoms with Crippen molar-refractivity contribution in [2.75, 3.05) is 5.73 Å². The number of aromatic nitrogens is 2. The van der Waals surface area contributed by atoms with Crippen molar-refractivity contribution in [3.63, 3.8) is 0 Å². The van der Waals surface area contributed by atoms with Gasteiger partial charge in [-0.2, -0.15) is 0 Å². The Morgan fingerprint density at radius 2 is 2.33 bits per heavy atom. The molecule has 0 aliphatic heterocycles. The van der Waals surface area contributed by atoms with E-state index in [0.29, 0.717) is 10.4 Å². The smallest absolute Gasteiger partial charge is 0.155 e. The van der Waals surface area contributed by atoms with Crippen LogP contribution in [0, 0.1) is 3.70 Å². The summed E-state index contributed by atoms with van der Waals surface area (Å²) in [6.07, 6.45) is 1.57. The fourth-order valence-electron chi connectivity index (χ4n) is 0.356. The van der Waals surface area contributed by atoms with Crippen molar-refractivity contribution in [2.45, 2.75) is 0 Å². The fraction of sp³-hybridized carbons (Fsp3) is 0. The lowest BCUT2D eigenvalue weighted by Crippen LogP contribution is -1.95. The van der Waals surface area contributed by atoms with Crippen LogP contribution < -0.4 is 5.73 Å². The number of halogens is 2. The van der Waals surface area contributed by atoms with E-state index in [1.54, 1.807) is 6.20 Å². The standard InChI is InChI=1S/C4H3BrIN3/c5-2-1-8-4(7)3(6)9-2/h1H,(H2,7,8). The number of nitrogen functional groups attached to an aromatic ring is 1. The number of hydrogen-bond acceptors (Lipinski definition) is 3. The zero-order chi connectivity index (χ0) is 6.85. The molecule has 2 N–H and O–H groups in total. The highest BCUT2D eigenvalue weighted by Crippen LogP contribution is 2.11. The Morgan fingerprint density at radius 3 is 2.78 bits per heavy atom. The number of hydrogen-bond donors (Lipinski definition) is 1. The topological polar surface area (TPSA) is 51.8 Å². The number of nitrogens with zero attached hydrogens (tertiary/aromatic N) is 2. The van der Waals surface area contributed by atoms with E-state index in [2.05, 4.69) is 25.9 Å². The molecular formula is C4H3BrIN3. The summed E-state index contributed by atoms with van der Waals surface area (Å²) >= 11 is 5.18. The molecule has 1 aromatic heterocycles. The molecule has 0 radical (unpaired) electrons. The van der Waals surface area contributed by atoms with Crippen LogP contribution in [-0.4, -0.2) is 9.97 Å². The highest BCUT2D eigenvalue weighted by molar-refractivity contribution is 14.1. The molecule has 0 saturated carbocycles. The maximum atomic E-state index is 5.39. The van der Waals surface area contributed by atoms with Crippen LogP contribution in [0.3, 0.4) is 0 Å². The largest absolute Gasteiger partial charge is 0.382 e. The molecule has 0 saturated heterocycles. The minimum atomic E-state index is 0.471. The maximum Gasteiger partial charge on any atom is 0.155 e. The van der Waals surface area contributed by atoms with E-state index in [1.165, 1.54) is 0 Å². The summed E-state index contributed by atoms with van der Waals surface area (Å²) in [6, 6.07) is 0. The molecule has 1 aromatic rings. The third-order valence-corrected chi connectivity index (χ3v) is 1.90. The molecule has 0 aliphatic rings. The number of nitrogens with two attached hydrogens (primary N) is 1. The van der Waals surface area contributed by atoms with Crippen LogP contribution in [0.15, 0.2) is 10.8 Å². The minimum Gasteiger partial charge on any atom is -0.382 e. The number of anilines is 1. The fourth-order valence-corrected chi connectivity index (χ4v) is 1.37. The lowest BCUT2D eigenvalue weighted by Gasteiger charge is -1.93. The van der Waals surface area contributed by atoms with Crippen molar-refractivity contribution in [2.24, 2.45) is 0 Å². The maximum absolute atomic E-state index is 5.39. The Bertz CT molecular complexity index is 227. The molecule has 9 heavy (non-hydrogen) atoms. The van der Waals surface area contributed by atoms with E-state index in [-0.39, 0.29) is 0 Å². The van der Waals surface area contributed by atoms with Crippen LogP contribution in [0.2, 0.25) is 0 Å². The average molecular weight is 300 g/mol. The third kappa shape index (κ3) is 1.75. The molecule has 0 unspecified atom stereocenters. The Morgan fingerprint density at radius 1 is 1.67 bits per heavy atom. The predicted octanol–water partition coefficient (Wildman–Crippen LogP) is 1.43. The molecule has 0 bridgehead atoms. The Labute approximate surface area is 74.3 Å². The average Bonchev–Trinajstić information content (AvgIpc) is 1.80. The summed E-state index contributed by atoms with van der Waals surface area (Å²) in [4.78, 5) is 7.83. The van der Waals surface area contributed by atoms with Gasteiger partial charge in [0.1, 0.15) is 8.30 Å². The van der Waals surface area contributed by atoms with Gasteiger partial charge in [-0.3, -0.25) is 0 Å². The molecule has 5 heteroatoms. The van der Waals surface area contributed by atoms with Gasteiger partial charge in [0.15, 0.2) is 5.82 Å². The lowest BCUT2D eigenvalue weighted by molar-refractivity contribution is 1.14. The van der Waals surface area contributed by atoms with Crippen LogP contribution in [0.5, 0.6) is 0 Å². The monoisotopic (exact) mass is 299 g/mol. The van der Waals surface area contributed by atoms with Crippen LogP contribution in [0.4, 0.5) is 5.82 Å². The van der Waals surface area contributed by atoms with Gasteiger partial charge in [0, 0.05) is 0 Å². The van der Waals surface area contributed by atoms with E-state index < -0.39 is 0 Å². The molecule has 1 rings (SSSR count). The summed E-state index contributed by atoms with van der Waals surface area (Å²) < 4.78 is 1.43. The van der Waals surface area contributed by atoms with Crippen LogP contribution in [0.25, 0.3) is 0 Å². The van der Waals surface area contributed by atoms with Crippen molar-refractivity contribution < 1.29 is 0 Å². The molecule has 0 spiro atoms. The summed E-state index contributed by atoms with van der Waals surface area (Å²) in [5.41, 5.74) is 5.39. The molecule has 0 aliphatic carbocycles. The van der Waals surface area contributed by atoms with Gasteiger partial charge in [-0.15, -0.1) is 0 Å². The van der Waals surface area contributed by atoms with Crippen molar-refractivity contribution in [3.8, 4) is 0 Å². The van der Waals surface area contributed by atoms with Gasteiger partial charge in [0.05, 0.1) is 6.20 Å². The Kier molecular flexibility index (Phi) is 2.23. The van der Waals surface area contributed by atoms with E-state index in [1.807, 2.05) is 22.6 Å². The van der Waals surface area contributed by atoms with Crippen LogP contribution in [0.1, 0.15) is 0 Å². The van der Waals surface area contributed by atoms with Crippen molar-refractivity contribution in [1.82, 2.24) is 9.97 Å². The van der Waals surface area contributed by atoms with Gasteiger partial charge in [0.2, 0.25) is 0 Å². The van der Waals surface area contributed by atoms with Gasteiger partial charge in [-0.05, 0) is 38.5 Å². The van der Waals surface area contributed by atoms with Crippen LogP contribution in [-0.2, 0) is 0 Å². The highest BCUT2D eigenvalue weighted by atomic mass is 127. The van der Waals surface area contributed by atoms with Crippen molar-refractivity contribution >= 4 is 44.3 Å². The molecular weight excluding hydrogens is 297 g/mol. The zero-order valence-electron chi connectivity index (χ0n) is 4.31. The summed E-state index contributed by atoms with van der Waals surface area (Å²) in [7, 11) is 0. The van der Waals surface area contributed by atoms with Crippen LogP contribution >= 0.6 is 38.5 Å². The Balaban J connectivity index is 3.17. The minimum absolute atomic E-state index is 0.471. The summed E-state index contributed by atoms with van der Waals surface area (Å²) in [5, 5.41) is 0. The van der Waals surface area contributed by atoms with E-state index >= 15 is 0 Å². The SMILES string of the molecule is Nc1ncc(Br)nc1I. The van der Waals surface area contributed by atoms with Gasteiger partial charge < -0.3 is 5.73 Å². The second-order valence-electron chi connectivity index (χ2n) is 1.37. The van der Waals surface area contributed by atoms with Gasteiger partial charge in [-0.25, -0.2) is 9.97 Å². The first-order chi connectivity index (χ1) is 4.20. The van der Waals surface area contributed by atoms with E-state index in [0.717, 1.165) is 3.70 Å². The number of rotatable bonds is 0. The Hall–Kier alpha value is 0.0900. The second kappa shape index (κ2) is 2.78. The predicted molar refractivity (Wildman–Crippen MR) is 46.9 cm³/mol. The molecule has 3 nitrogen and oxygen atoms in total. The first-order valence-electron chi connectivity index (χ1n) is 2.13. The third-order valence-electron chi connectivity index (χ3n) is 0.726. The molecule has 48 valence electrons. The molecule has 1 heterocycles. The lowest BCUT2D eigenvalue weighted by atomic mass is 10.7. The van der Waals surface area contributed by atoms with E-state index in [9.17, 15) is 0 Å². The quantitative estimate of drug-likeness (QED) is 0.737. The van der Waals surface area contributed by atoms with Gasteiger partial charge >= 0.3 is 0 Å². The molecule has 0 atom stereocenters. The molecule has 0 aromatic carbocycles. The summed E-state index contributed by atoms with van der Waals surface area (Å²) in [5.74, 6) is 0.471. The van der Waals surface area contributed by atoms with Crippen molar-refractivity contribution in [1.29, 1.82) is 0 Å². The first kappa shape index (κ1) is 7.20. The van der Waals surface area contributed by atoms with Crippen molar-refractivity contribution in [3.05, 3.63) is 14.5 Å². The zero-order valence-corrected chi connectivity index (χ0v) is 8.05. The van der Waals surface area contributed by atoms with Gasteiger partial charge in [0.25, 0.3) is 0 Å². The highest BCUT2D eigenvalue weighted by Gasteiger charge is 1.96. The molecule has 0 fully saturated rings. The van der Waals surface area contributed by atoms with Gasteiger partial charge in [-0.1, -0.05) is 0 Å². The van der Waals surface area contributed by atoms with E-state index in [4.69, 9.17) is 5.73 Å². The second-order valence-corrected chi connectivity index (χ2v) is 3.20. The molecule has 0 amide bonds. The first-order valence-corrected chi connectivity index (χ1v) is 4.01. The normalized spacial score (nSPS) is 9.56.